The van der Waals surface area contributed by atoms with Crippen LogP contribution in [0.2, 0.25) is 0 Å². The van der Waals surface area contributed by atoms with Crippen molar-refractivity contribution in [3.8, 4) is 0 Å². The van der Waals surface area contributed by atoms with E-state index in [9.17, 15) is 13.6 Å². The Balaban J connectivity index is 1.89. The number of hydrogen-bond acceptors (Lipinski definition) is 4. The first-order valence-electron chi connectivity index (χ1n) is 6.80. The van der Waals surface area contributed by atoms with Crippen LogP contribution < -0.4 is 10.2 Å². The maximum Gasteiger partial charge on any atom is 0.224 e. The lowest BCUT2D eigenvalue weighted by Gasteiger charge is -2.31. The van der Waals surface area contributed by atoms with Crippen LogP contribution in [0.5, 0.6) is 0 Å². The number of nitrogens with one attached hydrogen (secondary N) is 1. The van der Waals surface area contributed by atoms with Crippen molar-refractivity contribution in [2.45, 2.75) is 12.8 Å². The highest BCUT2D eigenvalue weighted by atomic mass is 32.1. The van der Waals surface area contributed by atoms with E-state index in [4.69, 9.17) is 0 Å². The van der Waals surface area contributed by atoms with Crippen LogP contribution >= 0.6 is 11.3 Å². The van der Waals surface area contributed by atoms with E-state index in [1.807, 2.05) is 4.90 Å². The fraction of sp³-hybridized carbons (Fsp3) is 0.429. The molecule has 4 nitrogen and oxygen atoms in total. The van der Waals surface area contributed by atoms with E-state index in [2.05, 4.69) is 10.3 Å². The molecule has 0 radical (unpaired) electrons. The van der Waals surface area contributed by atoms with Crippen LogP contribution in [-0.4, -0.2) is 31.0 Å². The Morgan fingerprint density at radius 2 is 2.29 bits per heavy atom. The summed E-state index contributed by atoms with van der Waals surface area (Å²) in [5, 5.41) is 3.30. The fourth-order valence-corrected chi connectivity index (χ4v) is 3.69. The first-order valence-corrected chi connectivity index (χ1v) is 7.62. The summed E-state index contributed by atoms with van der Waals surface area (Å²) in [6, 6.07) is 2.13. The number of halogens is 2. The van der Waals surface area contributed by atoms with E-state index in [0.717, 1.165) is 25.5 Å². The van der Waals surface area contributed by atoms with Crippen molar-refractivity contribution in [1.82, 2.24) is 10.3 Å². The molecule has 1 aromatic heterocycles. The maximum atomic E-state index is 13.7. The molecule has 2 heterocycles. The Hall–Kier alpha value is -1.76. The molecule has 3 rings (SSSR count). The monoisotopic (exact) mass is 311 g/mol. The smallest absolute Gasteiger partial charge is 0.224 e. The average Bonchev–Trinajstić information content (AvgIpc) is 2.91. The number of rotatable bonds is 2. The normalized spacial score (nSPS) is 19.0. The third-order valence-corrected chi connectivity index (χ3v) is 4.77. The molecular formula is C14H15F2N3OS. The van der Waals surface area contributed by atoms with Gasteiger partial charge in [0.15, 0.2) is 10.9 Å². The number of carbonyl (C=O) groups is 1. The summed E-state index contributed by atoms with van der Waals surface area (Å²) >= 11 is 1.26. The van der Waals surface area contributed by atoms with Crippen LogP contribution in [0.25, 0.3) is 10.2 Å². The molecule has 0 bridgehead atoms. The van der Waals surface area contributed by atoms with Crippen molar-refractivity contribution in [3.63, 3.8) is 0 Å². The van der Waals surface area contributed by atoms with Gasteiger partial charge in [-0.3, -0.25) is 4.79 Å². The predicted molar refractivity (Wildman–Crippen MR) is 78.5 cm³/mol. The lowest BCUT2D eigenvalue weighted by molar-refractivity contribution is -0.124. The Kier molecular flexibility index (Phi) is 3.75. The van der Waals surface area contributed by atoms with Gasteiger partial charge in [-0.25, -0.2) is 13.8 Å². The molecule has 112 valence electrons. The van der Waals surface area contributed by atoms with Crippen LogP contribution in [0.1, 0.15) is 12.8 Å². The molecule has 1 amide bonds. The third kappa shape index (κ3) is 2.70. The second kappa shape index (κ2) is 5.55. The second-order valence-electron chi connectivity index (χ2n) is 5.13. The van der Waals surface area contributed by atoms with Crippen LogP contribution in [0.15, 0.2) is 12.1 Å². The quantitative estimate of drug-likeness (QED) is 0.927. The molecule has 1 atom stereocenters. The van der Waals surface area contributed by atoms with Gasteiger partial charge in [0, 0.05) is 26.2 Å². The molecule has 1 aliphatic rings. The van der Waals surface area contributed by atoms with Crippen molar-refractivity contribution in [1.29, 1.82) is 0 Å². The first-order chi connectivity index (χ1) is 10.1. The van der Waals surface area contributed by atoms with Crippen LogP contribution in [0, 0.1) is 17.6 Å². The second-order valence-corrected chi connectivity index (χ2v) is 6.14. The molecule has 2 aromatic rings. The number of piperidine rings is 1. The molecule has 1 unspecified atom stereocenters. The molecule has 1 aliphatic heterocycles. The third-order valence-electron chi connectivity index (χ3n) is 3.71. The van der Waals surface area contributed by atoms with Gasteiger partial charge in [0.1, 0.15) is 11.3 Å². The number of anilines is 1. The summed E-state index contributed by atoms with van der Waals surface area (Å²) in [4.78, 5) is 18.0. The summed E-state index contributed by atoms with van der Waals surface area (Å²) in [5.41, 5.74) is 0.193. The van der Waals surface area contributed by atoms with Crippen molar-refractivity contribution < 1.29 is 13.6 Å². The van der Waals surface area contributed by atoms with E-state index < -0.39 is 11.6 Å². The largest absolute Gasteiger partial charge is 0.359 e. The average molecular weight is 311 g/mol. The van der Waals surface area contributed by atoms with Gasteiger partial charge in [-0.15, -0.1) is 0 Å². The minimum Gasteiger partial charge on any atom is -0.359 e. The van der Waals surface area contributed by atoms with Crippen molar-refractivity contribution >= 4 is 32.6 Å². The molecule has 1 saturated heterocycles. The topological polar surface area (TPSA) is 45.2 Å². The van der Waals surface area contributed by atoms with E-state index >= 15 is 0 Å². The lowest BCUT2D eigenvalue weighted by atomic mass is 9.98. The first kappa shape index (κ1) is 14.2. The zero-order valence-corrected chi connectivity index (χ0v) is 12.3. The summed E-state index contributed by atoms with van der Waals surface area (Å²) in [6.45, 7) is 1.33. The molecule has 7 heteroatoms. The van der Waals surface area contributed by atoms with E-state index in [1.165, 1.54) is 17.4 Å². The maximum absolute atomic E-state index is 13.7. The van der Waals surface area contributed by atoms with Crippen molar-refractivity contribution in [2.75, 3.05) is 25.0 Å². The number of hydrogen-bond donors (Lipinski definition) is 1. The van der Waals surface area contributed by atoms with Crippen LogP contribution in [0.3, 0.4) is 0 Å². The molecular weight excluding hydrogens is 296 g/mol. The highest BCUT2D eigenvalue weighted by molar-refractivity contribution is 7.22. The van der Waals surface area contributed by atoms with Crippen molar-refractivity contribution in [3.05, 3.63) is 23.8 Å². The Labute approximate surface area is 124 Å². The highest BCUT2D eigenvalue weighted by Crippen LogP contribution is 2.33. The number of nitrogens with zero attached hydrogens (tertiary/aromatic N) is 2. The van der Waals surface area contributed by atoms with E-state index in [1.54, 1.807) is 7.05 Å². The predicted octanol–water partition coefficient (Wildman–Crippen LogP) is 2.54. The minimum absolute atomic E-state index is 0.0121. The fourth-order valence-electron chi connectivity index (χ4n) is 2.65. The summed E-state index contributed by atoms with van der Waals surface area (Å²) in [6.07, 6.45) is 1.72. The van der Waals surface area contributed by atoms with Gasteiger partial charge in [0.2, 0.25) is 5.91 Å². The molecule has 1 aromatic carbocycles. The molecule has 1 N–H and O–H groups in total. The van der Waals surface area contributed by atoms with Crippen molar-refractivity contribution in [2.24, 2.45) is 5.92 Å². The zero-order chi connectivity index (χ0) is 15.0. The SMILES string of the molecule is CNC(=O)C1CCCN(c2nc3c(F)cc(F)cc3s2)C1. The number of fused-ring (bicyclic) bond motifs is 1. The standard InChI is InChI=1S/C14H15F2N3OS/c1-17-13(20)8-3-2-4-19(7-8)14-18-12-10(16)5-9(15)6-11(12)21-14/h5-6,8H,2-4,7H2,1H3,(H,17,20). The Morgan fingerprint density at radius 1 is 1.48 bits per heavy atom. The number of aromatic nitrogens is 1. The molecule has 0 saturated carbocycles. The summed E-state index contributed by atoms with van der Waals surface area (Å²) < 4.78 is 27.4. The van der Waals surface area contributed by atoms with Gasteiger partial charge in [-0.2, -0.15) is 0 Å². The molecule has 1 fully saturated rings. The highest BCUT2D eigenvalue weighted by Gasteiger charge is 2.27. The molecule has 21 heavy (non-hydrogen) atoms. The minimum atomic E-state index is -0.646. The summed E-state index contributed by atoms with van der Waals surface area (Å²) in [5.74, 6) is -1.32. The zero-order valence-electron chi connectivity index (χ0n) is 11.5. The van der Waals surface area contributed by atoms with Gasteiger partial charge >= 0.3 is 0 Å². The van der Waals surface area contributed by atoms with Gasteiger partial charge in [-0.1, -0.05) is 11.3 Å². The number of carbonyl (C=O) groups excluding carboxylic acids is 1. The van der Waals surface area contributed by atoms with E-state index in [-0.39, 0.29) is 17.3 Å². The molecule has 0 aliphatic carbocycles. The lowest BCUT2D eigenvalue weighted by Crippen LogP contribution is -2.42. The summed E-state index contributed by atoms with van der Waals surface area (Å²) in [7, 11) is 1.62. The van der Waals surface area contributed by atoms with E-state index in [0.29, 0.717) is 16.4 Å². The number of benzene rings is 1. The number of thiazole rings is 1. The van der Waals surface area contributed by atoms with Gasteiger partial charge in [0.25, 0.3) is 0 Å². The van der Waals surface area contributed by atoms with Gasteiger partial charge in [0.05, 0.1) is 10.6 Å². The number of amides is 1. The Morgan fingerprint density at radius 3 is 3.05 bits per heavy atom. The van der Waals surface area contributed by atoms with Crippen LogP contribution in [0.4, 0.5) is 13.9 Å². The van der Waals surface area contributed by atoms with Crippen LogP contribution in [-0.2, 0) is 4.79 Å². The van der Waals surface area contributed by atoms with Gasteiger partial charge < -0.3 is 10.2 Å². The Bertz CT molecular complexity index is 688. The molecule has 0 spiro atoms. The van der Waals surface area contributed by atoms with Gasteiger partial charge in [-0.05, 0) is 18.9 Å².